The average molecular weight is 350 g/mol. The lowest BCUT2D eigenvalue weighted by Gasteiger charge is -2.29. The highest BCUT2D eigenvalue weighted by Gasteiger charge is 2.23. The number of hydrogen-bond donors (Lipinski definition) is 1. The summed E-state index contributed by atoms with van der Waals surface area (Å²) in [5.74, 6) is 1.12. The third kappa shape index (κ3) is 3.69. The number of nitrogens with one attached hydrogen (secondary N) is 1. The lowest BCUT2D eigenvalue weighted by Crippen LogP contribution is -2.41. The Balaban J connectivity index is 1.65. The second-order valence-corrected chi connectivity index (χ2v) is 8.53. The van der Waals surface area contributed by atoms with Crippen LogP contribution in [-0.2, 0) is 4.79 Å². The number of fused-ring (bicyclic) bond motifs is 1. The van der Waals surface area contributed by atoms with Gasteiger partial charge in [0.1, 0.15) is 16.2 Å². The van der Waals surface area contributed by atoms with Crippen molar-refractivity contribution in [3.05, 3.63) is 16.8 Å². The number of amides is 1. The Labute approximate surface area is 145 Å². The van der Waals surface area contributed by atoms with E-state index in [0.717, 1.165) is 21.7 Å². The number of nitrogens with zero attached hydrogens (tertiary/aromatic N) is 2. The molecule has 2 aromatic heterocycles. The Morgan fingerprint density at radius 3 is 2.91 bits per heavy atom. The van der Waals surface area contributed by atoms with Crippen LogP contribution in [0.15, 0.2) is 11.4 Å². The van der Waals surface area contributed by atoms with Gasteiger partial charge < -0.3 is 5.32 Å². The SMILES string of the molecule is Cc1sc2ncnc(SCC(=O)N[C@@H]3CCCC[C@@H]3C)c2c1C. The molecule has 0 unspecified atom stereocenters. The van der Waals surface area contributed by atoms with Gasteiger partial charge in [-0.3, -0.25) is 4.79 Å². The summed E-state index contributed by atoms with van der Waals surface area (Å²) in [5.41, 5.74) is 1.23. The molecule has 0 aliphatic heterocycles. The van der Waals surface area contributed by atoms with E-state index >= 15 is 0 Å². The van der Waals surface area contributed by atoms with Gasteiger partial charge in [-0.05, 0) is 38.2 Å². The predicted octanol–water partition coefficient (Wildman–Crippen LogP) is 4.10. The molecule has 0 radical (unpaired) electrons. The molecule has 0 saturated heterocycles. The molecule has 1 aliphatic rings. The van der Waals surface area contributed by atoms with Gasteiger partial charge in [0.15, 0.2) is 0 Å². The average Bonchev–Trinajstić information content (AvgIpc) is 2.83. The first-order valence-electron chi connectivity index (χ1n) is 8.19. The van der Waals surface area contributed by atoms with Crippen molar-refractivity contribution in [3.63, 3.8) is 0 Å². The van der Waals surface area contributed by atoms with E-state index in [2.05, 4.69) is 36.1 Å². The largest absolute Gasteiger partial charge is 0.352 e. The molecule has 0 aromatic carbocycles. The number of carbonyl (C=O) groups is 1. The van der Waals surface area contributed by atoms with Crippen LogP contribution in [0.25, 0.3) is 10.2 Å². The summed E-state index contributed by atoms with van der Waals surface area (Å²) in [7, 11) is 0. The highest BCUT2D eigenvalue weighted by Crippen LogP contribution is 2.34. The third-order valence-corrected chi connectivity index (χ3v) is 6.83. The predicted molar refractivity (Wildman–Crippen MR) is 97.2 cm³/mol. The van der Waals surface area contributed by atoms with Crippen molar-refractivity contribution >= 4 is 39.2 Å². The summed E-state index contributed by atoms with van der Waals surface area (Å²) in [6.07, 6.45) is 6.44. The van der Waals surface area contributed by atoms with Crippen LogP contribution < -0.4 is 5.32 Å². The van der Waals surface area contributed by atoms with Crippen LogP contribution in [0.3, 0.4) is 0 Å². The maximum atomic E-state index is 12.3. The van der Waals surface area contributed by atoms with Gasteiger partial charge in [0.2, 0.25) is 5.91 Å². The van der Waals surface area contributed by atoms with Crippen LogP contribution in [0.4, 0.5) is 0 Å². The van der Waals surface area contributed by atoms with Crippen LogP contribution in [0.1, 0.15) is 43.0 Å². The van der Waals surface area contributed by atoms with E-state index in [9.17, 15) is 4.79 Å². The molecule has 23 heavy (non-hydrogen) atoms. The molecular formula is C17H23N3OS2. The smallest absolute Gasteiger partial charge is 0.230 e. The zero-order valence-electron chi connectivity index (χ0n) is 13.9. The molecule has 1 aliphatic carbocycles. The van der Waals surface area contributed by atoms with Crippen molar-refractivity contribution in [2.24, 2.45) is 5.92 Å². The van der Waals surface area contributed by atoms with E-state index < -0.39 is 0 Å². The molecule has 2 aromatic rings. The number of carbonyl (C=O) groups excluding carboxylic acids is 1. The summed E-state index contributed by atoms with van der Waals surface area (Å²) in [4.78, 5) is 23.3. The summed E-state index contributed by atoms with van der Waals surface area (Å²) < 4.78 is 0. The number of thioether (sulfide) groups is 1. The van der Waals surface area contributed by atoms with Crippen molar-refractivity contribution in [2.75, 3.05) is 5.75 Å². The first kappa shape index (κ1) is 16.7. The van der Waals surface area contributed by atoms with E-state index in [0.29, 0.717) is 17.7 Å². The first-order chi connectivity index (χ1) is 11.1. The molecular weight excluding hydrogens is 326 g/mol. The summed E-state index contributed by atoms with van der Waals surface area (Å²) in [6.45, 7) is 6.45. The van der Waals surface area contributed by atoms with Gasteiger partial charge in [0.25, 0.3) is 0 Å². The topological polar surface area (TPSA) is 54.9 Å². The first-order valence-corrected chi connectivity index (χ1v) is 9.99. The monoisotopic (exact) mass is 349 g/mol. The van der Waals surface area contributed by atoms with Gasteiger partial charge in [0.05, 0.1) is 5.75 Å². The third-order valence-electron chi connectivity index (χ3n) is 4.73. The molecule has 3 rings (SSSR count). The molecule has 2 heterocycles. The molecule has 0 spiro atoms. The molecule has 1 amide bonds. The fraction of sp³-hybridized carbons (Fsp3) is 0.588. The van der Waals surface area contributed by atoms with Crippen molar-refractivity contribution in [1.29, 1.82) is 0 Å². The highest BCUT2D eigenvalue weighted by molar-refractivity contribution is 8.00. The summed E-state index contributed by atoms with van der Waals surface area (Å²) >= 11 is 3.21. The van der Waals surface area contributed by atoms with Crippen LogP contribution in [0.5, 0.6) is 0 Å². The molecule has 2 atom stereocenters. The van der Waals surface area contributed by atoms with E-state index in [4.69, 9.17) is 0 Å². The fourth-order valence-electron chi connectivity index (χ4n) is 3.17. The molecule has 1 fully saturated rings. The molecule has 124 valence electrons. The Morgan fingerprint density at radius 2 is 2.13 bits per heavy atom. The number of aromatic nitrogens is 2. The van der Waals surface area contributed by atoms with E-state index in [-0.39, 0.29) is 5.91 Å². The minimum Gasteiger partial charge on any atom is -0.352 e. The van der Waals surface area contributed by atoms with Gasteiger partial charge in [-0.15, -0.1) is 11.3 Å². The molecule has 1 saturated carbocycles. The van der Waals surface area contributed by atoms with Crippen LogP contribution in [0, 0.1) is 19.8 Å². The second-order valence-electron chi connectivity index (χ2n) is 6.37. The van der Waals surface area contributed by atoms with Crippen LogP contribution in [-0.4, -0.2) is 27.7 Å². The van der Waals surface area contributed by atoms with Crippen molar-refractivity contribution in [1.82, 2.24) is 15.3 Å². The number of rotatable bonds is 4. The van der Waals surface area contributed by atoms with Gasteiger partial charge in [0, 0.05) is 16.3 Å². The second kappa shape index (κ2) is 7.18. The quantitative estimate of drug-likeness (QED) is 0.667. The number of thiophene rings is 1. The number of hydrogen-bond acceptors (Lipinski definition) is 5. The molecule has 4 nitrogen and oxygen atoms in total. The fourth-order valence-corrected chi connectivity index (χ4v) is 5.10. The Morgan fingerprint density at radius 1 is 1.35 bits per heavy atom. The van der Waals surface area contributed by atoms with Gasteiger partial charge >= 0.3 is 0 Å². The Bertz CT molecular complexity index is 713. The lowest BCUT2D eigenvalue weighted by atomic mass is 9.86. The maximum Gasteiger partial charge on any atom is 0.230 e. The van der Waals surface area contributed by atoms with Crippen LogP contribution in [0.2, 0.25) is 0 Å². The zero-order chi connectivity index (χ0) is 16.4. The lowest BCUT2D eigenvalue weighted by molar-refractivity contribution is -0.119. The van der Waals surface area contributed by atoms with Gasteiger partial charge in [-0.1, -0.05) is 31.5 Å². The van der Waals surface area contributed by atoms with E-state index in [1.807, 2.05) is 0 Å². The molecule has 1 N–H and O–H groups in total. The van der Waals surface area contributed by atoms with Gasteiger partial charge in [-0.2, -0.15) is 0 Å². The van der Waals surface area contributed by atoms with Crippen molar-refractivity contribution < 1.29 is 4.79 Å². The van der Waals surface area contributed by atoms with E-state index in [1.54, 1.807) is 17.7 Å². The van der Waals surface area contributed by atoms with Crippen molar-refractivity contribution in [2.45, 2.75) is 57.5 Å². The number of aryl methyl sites for hydroxylation is 2. The standard InChI is InChI=1S/C17H23N3OS2/c1-10-6-4-5-7-13(10)20-14(21)8-22-16-15-11(2)12(3)23-17(15)19-9-18-16/h9-10,13H,4-8H2,1-3H3,(H,20,21)/t10-,13+/m0/s1. The zero-order valence-corrected chi connectivity index (χ0v) is 15.5. The maximum absolute atomic E-state index is 12.3. The normalized spacial score (nSPS) is 21.5. The summed E-state index contributed by atoms with van der Waals surface area (Å²) in [6, 6.07) is 0.340. The van der Waals surface area contributed by atoms with Crippen LogP contribution >= 0.6 is 23.1 Å². The minimum atomic E-state index is 0.116. The Kier molecular flexibility index (Phi) is 5.21. The Hall–Kier alpha value is -1.14. The minimum absolute atomic E-state index is 0.116. The van der Waals surface area contributed by atoms with E-state index in [1.165, 1.54) is 41.5 Å². The highest BCUT2D eigenvalue weighted by atomic mass is 32.2. The molecule has 0 bridgehead atoms. The molecule has 6 heteroatoms. The van der Waals surface area contributed by atoms with Crippen molar-refractivity contribution in [3.8, 4) is 0 Å². The van der Waals surface area contributed by atoms with Gasteiger partial charge in [-0.25, -0.2) is 9.97 Å². The summed E-state index contributed by atoms with van der Waals surface area (Å²) in [5, 5.41) is 5.24.